The maximum absolute atomic E-state index is 11.3. The Morgan fingerprint density at radius 1 is 1.33 bits per heavy atom. The standard InChI is InChI=1S/C13H20ClNO2S/c1-3-18(16,17)10-6-9-15-13-8-5-4-7-12(13)11(2)14/h4-5,7-8,11,15H,3,6,9-10H2,1-2H3. The molecule has 0 aliphatic rings. The zero-order valence-electron chi connectivity index (χ0n) is 10.8. The van der Waals surface area contributed by atoms with Gasteiger partial charge in [-0.3, -0.25) is 0 Å². The Kier molecular flexibility index (Phi) is 5.96. The van der Waals surface area contributed by atoms with Crippen molar-refractivity contribution in [2.24, 2.45) is 0 Å². The normalized spacial score (nSPS) is 13.3. The number of hydrogen-bond donors (Lipinski definition) is 1. The number of anilines is 1. The molecule has 0 fully saturated rings. The molecule has 1 N–H and O–H groups in total. The van der Waals surface area contributed by atoms with Crippen LogP contribution in [0.1, 0.15) is 31.2 Å². The van der Waals surface area contributed by atoms with Crippen molar-refractivity contribution in [2.75, 3.05) is 23.4 Å². The van der Waals surface area contributed by atoms with Crippen LogP contribution >= 0.6 is 11.6 Å². The van der Waals surface area contributed by atoms with Crippen LogP contribution in [0.5, 0.6) is 0 Å². The average Bonchev–Trinajstić information content (AvgIpc) is 2.35. The predicted octanol–water partition coefficient (Wildman–Crippen LogP) is 3.22. The van der Waals surface area contributed by atoms with Crippen molar-refractivity contribution in [1.29, 1.82) is 0 Å². The zero-order chi connectivity index (χ0) is 13.6. The van der Waals surface area contributed by atoms with Crippen molar-refractivity contribution in [3.05, 3.63) is 29.8 Å². The highest BCUT2D eigenvalue weighted by Crippen LogP contribution is 2.26. The Balaban J connectivity index is 2.50. The fraction of sp³-hybridized carbons (Fsp3) is 0.538. The number of para-hydroxylation sites is 1. The van der Waals surface area contributed by atoms with E-state index in [4.69, 9.17) is 11.6 Å². The van der Waals surface area contributed by atoms with Gasteiger partial charge in [0, 0.05) is 18.0 Å². The van der Waals surface area contributed by atoms with E-state index in [1.807, 2.05) is 31.2 Å². The van der Waals surface area contributed by atoms with E-state index in [0.29, 0.717) is 13.0 Å². The first-order valence-electron chi connectivity index (χ1n) is 6.13. The molecule has 0 heterocycles. The van der Waals surface area contributed by atoms with Gasteiger partial charge in [-0.15, -0.1) is 11.6 Å². The molecular formula is C13H20ClNO2S. The van der Waals surface area contributed by atoms with Gasteiger partial charge in [0.25, 0.3) is 0 Å². The van der Waals surface area contributed by atoms with Gasteiger partial charge < -0.3 is 5.32 Å². The first kappa shape index (κ1) is 15.3. The van der Waals surface area contributed by atoms with Crippen molar-refractivity contribution < 1.29 is 8.42 Å². The molecule has 1 aromatic rings. The molecular weight excluding hydrogens is 270 g/mol. The fourth-order valence-corrected chi connectivity index (χ4v) is 2.73. The third kappa shape index (κ3) is 4.86. The minimum absolute atomic E-state index is 0.0620. The SMILES string of the molecule is CCS(=O)(=O)CCCNc1ccccc1C(C)Cl. The minimum Gasteiger partial charge on any atom is -0.385 e. The van der Waals surface area contributed by atoms with Gasteiger partial charge >= 0.3 is 0 Å². The number of alkyl halides is 1. The molecule has 3 nitrogen and oxygen atoms in total. The lowest BCUT2D eigenvalue weighted by Gasteiger charge is -2.13. The lowest BCUT2D eigenvalue weighted by molar-refractivity contribution is 0.595. The van der Waals surface area contributed by atoms with E-state index in [2.05, 4.69) is 5.32 Å². The topological polar surface area (TPSA) is 46.2 Å². The Labute approximate surface area is 114 Å². The molecule has 0 aliphatic carbocycles. The third-order valence-electron chi connectivity index (χ3n) is 2.78. The molecule has 1 atom stereocenters. The molecule has 0 spiro atoms. The quantitative estimate of drug-likeness (QED) is 0.619. The molecule has 18 heavy (non-hydrogen) atoms. The van der Waals surface area contributed by atoms with Crippen LogP contribution in [-0.2, 0) is 9.84 Å². The van der Waals surface area contributed by atoms with Crippen LogP contribution in [0.25, 0.3) is 0 Å². The van der Waals surface area contributed by atoms with Gasteiger partial charge in [-0.1, -0.05) is 25.1 Å². The van der Waals surface area contributed by atoms with Crippen LogP contribution in [0.3, 0.4) is 0 Å². The molecule has 102 valence electrons. The van der Waals surface area contributed by atoms with Crippen LogP contribution in [0.4, 0.5) is 5.69 Å². The molecule has 1 unspecified atom stereocenters. The zero-order valence-corrected chi connectivity index (χ0v) is 12.4. The van der Waals surface area contributed by atoms with Crippen molar-refractivity contribution in [3.63, 3.8) is 0 Å². The summed E-state index contributed by atoms with van der Waals surface area (Å²) in [7, 11) is -2.87. The van der Waals surface area contributed by atoms with E-state index in [-0.39, 0.29) is 16.9 Å². The fourth-order valence-electron chi connectivity index (χ4n) is 1.66. The van der Waals surface area contributed by atoms with Crippen molar-refractivity contribution in [2.45, 2.75) is 25.6 Å². The highest BCUT2D eigenvalue weighted by atomic mass is 35.5. The minimum atomic E-state index is -2.87. The number of rotatable bonds is 7. The highest BCUT2D eigenvalue weighted by Gasteiger charge is 2.08. The molecule has 0 saturated carbocycles. The Morgan fingerprint density at radius 3 is 2.61 bits per heavy atom. The lowest BCUT2D eigenvalue weighted by Crippen LogP contribution is -2.13. The first-order chi connectivity index (χ1) is 8.46. The molecule has 5 heteroatoms. The summed E-state index contributed by atoms with van der Waals surface area (Å²) in [5, 5.41) is 3.18. The number of benzene rings is 1. The van der Waals surface area contributed by atoms with Crippen LogP contribution < -0.4 is 5.32 Å². The number of halogens is 1. The number of nitrogens with one attached hydrogen (secondary N) is 1. The van der Waals surface area contributed by atoms with Crippen molar-refractivity contribution in [3.8, 4) is 0 Å². The van der Waals surface area contributed by atoms with E-state index in [9.17, 15) is 8.42 Å². The van der Waals surface area contributed by atoms with E-state index in [1.165, 1.54) is 0 Å². The summed E-state index contributed by atoms with van der Waals surface area (Å²) in [5.74, 6) is 0.442. The summed E-state index contributed by atoms with van der Waals surface area (Å²) < 4.78 is 22.7. The predicted molar refractivity (Wildman–Crippen MR) is 78.1 cm³/mol. The van der Waals surface area contributed by atoms with Crippen LogP contribution in [0.15, 0.2) is 24.3 Å². The van der Waals surface area contributed by atoms with Gasteiger partial charge in [0.2, 0.25) is 0 Å². The first-order valence-corrected chi connectivity index (χ1v) is 8.39. The second kappa shape index (κ2) is 7.00. The summed E-state index contributed by atoms with van der Waals surface area (Å²) in [6, 6.07) is 7.82. The summed E-state index contributed by atoms with van der Waals surface area (Å²) in [6.45, 7) is 4.23. The van der Waals surface area contributed by atoms with Gasteiger partial charge in [0.1, 0.15) is 9.84 Å². The monoisotopic (exact) mass is 289 g/mol. The summed E-state index contributed by atoms with van der Waals surface area (Å²) in [5.41, 5.74) is 2.02. The van der Waals surface area contributed by atoms with Gasteiger partial charge in [-0.2, -0.15) is 0 Å². The maximum atomic E-state index is 11.3. The van der Waals surface area contributed by atoms with Gasteiger partial charge in [0.05, 0.1) is 11.1 Å². The molecule has 0 aliphatic heterocycles. The molecule has 0 aromatic heterocycles. The number of sulfone groups is 1. The number of hydrogen-bond acceptors (Lipinski definition) is 3. The van der Waals surface area contributed by atoms with Crippen LogP contribution in [0, 0.1) is 0 Å². The molecule has 0 bridgehead atoms. The highest BCUT2D eigenvalue weighted by molar-refractivity contribution is 7.91. The summed E-state index contributed by atoms with van der Waals surface area (Å²) >= 11 is 6.08. The Morgan fingerprint density at radius 2 is 2.00 bits per heavy atom. The summed E-state index contributed by atoms with van der Waals surface area (Å²) in [6.07, 6.45) is 0.612. The maximum Gasteiger partial charge on any atom is 0.150 e. The largest absolute Gasteiger partial charge is 0.385 e. The molecule has 0 amide bonds. The summed E-state index contributed by atoms with van der Waals surface area (Å²) in [4.78, 5) is 0. The third-order valence-corrected chi connectivity index (χ3v) is 4.80. The van der Waals surface area contributed by atoms with Gasteiger partial charge in [-0.25, -0.2) is 8.42 Å². The van der Waals surface area contributed by atoms with Crippen LogP contribution in [0.2, 0.25) is 0 Å². The van der Waals surface area contributed by atoms with Crippen molar-refractivity contribution >= 4 is 27.1 Å². The molecule has 1 aromatic carbocycles. The van der Waals surface area contributed by atoms with E-state index < -0.39 is 9.84 Å². The van der Waals surface area contributed by atoms with Gasteiger partial charge in [-0.05, 0) is 25.0 Å². The lowest BCUT2D eigenvalue weighted by atomic mass is 10.1. The van der Waals surface area contributed by atoms with E-state index in [0.717, 1.165) is 11.3 Å². The Hall–Kier alpha value is -0.740. The Bertz CT molecular complexity index is 472. The smallest absolute Gasteiger partial charge is 0.150 e. The van der Waals surface area contributed by atoms with Crippen LogP contribution in [-0.4, -0.2) is 26.5 Å². The second-order valence-electron chi connectivity index (χ2n) is 4.22. The molecule has 0 radical (unpaired) electrons. The van der Waals surface area contributed by atoms with Crippen molar-refractivity contribution in [1.82, 2.24) is 0 Å². The molecule has 0 saturated heterocycles. The average molecular weight is 290 g/mol. The second-order valence-corrected chi connectivity index (χ2v) is 7.35. The van der Waals surface area contributed by atoms with E-state index in [1.54, 1.807) is 6.92 Å². The van der Waals surface area contributed by atoms with Gasteiger partial charge in [0.15, 0.2) is 0 Å². The molecule has 1 rings (SSSR count). The van der Waals surface area contributed by atoms with E-state index >= 15 is 0 Å².